The van der Waals surface area contributed by atoms with Gasteiger partial charge in [-0.05, 0) is 18.2 Å². The Morgan fingerprint density at radius 2 is 1.97 bits per heavy atom. The normalized spacial score (nSPS) is 18.5. The minimum Gasteiger partial charge on any atom is -0.434 e. The standard InChI is InChI=1S/C20H20FN7O3/c1-23-18(29)17-11-28(20(30)31-17)14-2-3-15(16(21)8-14)13-9-24-19(25-10-13)27-6-4-26(12-22)5-7-27/h2-3,8-10,17H,4-7,11H2,1H3,(H,23,29)/t17-/m1/s1. The predicted molar refractivity (Wildman–Crippen MR) is 109 cm³/mol. The van der Waals surface area contributed by atoms with Crippen molar-refractivity contribution in [1.82, 2.24) is 20.2 Å². The number of cyclic esters (lactones) is 1. The van der Waals surface area contributed by atoms with Gasteiger partial charge < -0.3 is 19.9 Å². The molecule has 10 nitrogen and oxygen atoms in total. The zero-order valence-electron chi connectivity index (χ0n) is 16.8. The van der Waals surface area contributed by atoms with Crippen LogP contribution >= 0.6 is 0 Å². The van der Waals surface area contributed by atoms with Gasteiger partial charge in [0.1, 0.15) is 5.82 Å². The number of nitrogens with one attached hydrogen (secondary N) is 1. The fourth-order valence-electron chi connectivity index (χ4n) is 3.51. The molecule has 1 N–H and O–H groups in total. The number of hydrogen-bond acceptors (Lipinski definition) is 8. The quantitative estimate of drug-likeness (QED) is 0.721. The molecule has 2 aliphatic heterocycles. The SMILES string of the molecule is CNC(=O)[C@H]1CN(c2ccc(-c3cnc(N4CCN(C#N)CC4)nc3)c(F)c2)C(=O)O1. The molecule has 2 aliphatic rings. The lowest BCUT2D eigenvalue weighted by Gasteiger charge is -2.31. The van der Waals surface area contributed by atoms with Crippen LogP contribution in [0.2, 0.25) is 0 Å². The highest BCUT2D eigenvalue weighted by molar-refractivity contribution is 5.95. The molecule has 0 spiro atoms. The third kappa shape index (κ3) is 4.05. The van der Waals surface area contributed by atoms with Crippen molar-refractivity contribution < 1.29 is 18.7 Å². The number of likely N-dealkylation sites (N-methyl/N-ethyl adjacent to an activating group) is 1. The number of carbonyl (C=O) groups excluding carboxylic acids is 2. The molecule has 0 bridgehead atoms. The Morgan fingerprint density at radius 1 is 1.26 bits per heavy atom. The summed E-state index contributed by atoms with van der Waals surface area (Å²) in [6.45, 7) is 2.50. The van der Waals surface area contributed by atoms with Crippen LogP contribution in [-0.2, 0) is 9.53 Å². The van der Waals surface area contributed by atoms with Crippen molar-refractivity contribution in [1.29, 1.82) is 5.26 Å². The van der Waals surface area contributed by atoms with Gasteiger partial charge in [0, 0.05) is 56.7 Å². The Bertz CT molecular complexity index is 1030. The van der Waals surface area contributed by atoms with Crippen LogP contribution < -0.4 is 15.1 Å². The minimum atomic E-state index is -0.934. The van der Waals surface area contributed by atoms with Crippen molar-refractivity contribution in [3.8, 4) is 17.3 Å². The molecule has 160 valence electrons. The number of anilines is 2. The third-order valence-corrected chi connectivity index (χ3v) is 5.27. The van der Waals surface area contributed by atoms with E-state index in [4.69, 9.17) is 10.00 Å². The molecule has 3 heterocycles. The molecule has 1 atom stereocenters. The number of carbonyl (C=O) groups is 2. The minimum absolute atomic E-state index is 0.00810. The maximum atomic E-state index is 14.8. The van der Waals surface area contributed by atoms with E-state index < -0.39 is 23.9 Å². The van der Waals surface area contributed by atoms with Crippen LogP contribution in [0.5, 0.6) is 0 Å². The van der Waals surface area contributed by atoms with Crippen molar-refractivity contribution >= 4 is 23.6 Å². The Balaban J connectivity index is 1.48. The van der Waals surface area contributed by atoms with Crippen molar-refractivity contribution in [3.63, 3.8) is 0 Å². The van der Waals surface area contributed by atoms with Gasteiger partial charge in [-0.15, -0.1) is 0 Å². The monoisotopic (exact) mass is 425 g/mol. The van der Waals surface area contributed by atoms with Crippen LogP contribution in [-0.4, -0.2) is 72.7 Å². The summed E-state index contributed by atoms with van der Waals surface area (Å²) in [4.78, 5) is 37.3. The largest absolute Gasteiger partial charge is 0.434 e. The number of piperazine rings is 1. The number of aromatic nitrogens is 2. The van der Waals surface area contributed by atoms with E-state index in [0.29, 0.717) is 48.9 Å². The molecule has 1 aromatic carbocycles. The lowest BCUT2D eigenvalue weighted by molar-refractivity contribution is -0.127. The van der Waals surface area contributed by atoms with E-state index in [9.17, 15) is 14.0 Å². The van der Waals surface area contributed by atoms with Crippen molar-refractivity contribution in [2.75, 3.05) is 49.6 Å². The number of rotatable bonds is 4. The van der Waals surface area contributed by atoms with E-state index in [1.807, 2.05) is 4.90 Å². The van der Waals surface area contributed by atoms with Gasteiger partial charge >= 0.3 is 6.09 Å². The fraction of sp³-hybridized carbons (Fsp3) is 0.350. The van der Waals surface area contributed by atoms with Gasteiger partial charge in [0.25, 0.3) is 5.91 Å². The highest BCUT2D eigenvalue weighted by Gasteiger charge is 2.36. The number of benzene rings is 1. The Morgan fingerprint density at radius 3 is 2.58 bits per heavy atom. The number of halogens is 1. The van der Waals surface area contributed by atoms with E-state index >= 15 is 0 Å². The fourth-order valence-corrected chi connectivity index (χ4v) is 3.51. The van der Waals surface area contributed by atoms with Crippen LogP contribution in [0.3, 0.4) is 0 Å². The predicted octanol–water partition coefficient (Wildman–Crippen LogP) is 0.957. The van der Waals surface area contributed by atoms with Crippen LogP contribution in [0.25, 0.3) is 11.1 Å². The molecular formula is C20H20FN7O3. The third-order valence-electron chi connectivity index (χ3n) is 5.27. The number of amides is 2. The van der Waals surface area contributed by atoms with E-state index in [0.717, 1.165) is 0 Å². The van der Waals surface area contributed by atoms with Crippen LogP contribution in [0.1, 0.15) is 0 Å². The van der Waals surface area contributed by atoms with Crippen molar-refractivity contribution in [3.05, 3.63) is 36.4 Å². The molecule has 31 heavy (non-hydrogen) atoms. The molecule has 1 aromatic heterocycles. The molecule has 4 rings (SSSR count). The zero-order valence-corrected chi connectivity index (χ0v) is 16.8. The van der Waals surface area contributed by atoms with Crippen molar-refractivity contribution in [2.24, 2.45) is 0 Å². The molecule has 0 unspecified atom stereocenters. The average molecular weight is 425 g/mol. The molecule has 0 radical (unpaired) electrons. The van der Waals surface area contributed by atoms with Gasteiger partial charge in [0.05, 0.1) is 12.2 Å². The zero-order chi connectivity index (χ0) is 22.0. The summed E-state index contributed by atoms with van der Waals surface area (Å²) in [5, 5.41) is 11.4. The maximum absolute atomic E-state index is 14.8. The second kappa shape index (κ2) is 8.43. The van der Waals surface area contributed by atoms with Crippen LogP contribution in [0.4, 0.5) is 20.8 Å². The van der Waals surface area contributed by atoms with Crippen LogP contribution in [0, 0.1) is 17.3 Å². The first-order valence-electron chi connectivity index (χ1n) is 9.71. The number of ether oxygens (including phenoxy) is 1. The summed E-state index contributed by atoms with van der Waals surface area (Å²) < 4.78 is 19.8. The summed E-state index contributed by atoms with van der Waals surface area (Å²) in [6, 6.07) is 4.34. The summed E-state index contributed by atoms with van der Waals surface area (Å²) in [5.41, 5.74) is 1.08. The highest BCUT2D eigenvalue weighted by Crippen LogP contribution is 2.29. The van der Waals surface area contributed by atoms with Crippen molar-refractivity contribution in [2.45, 2.75) is 6.10 Å². The van der Waals surface area contributed by atoms with Gasteiger partial charge in [0.15, 0.2) is 12.3 Å². The van der Waals surface area contributed by atoms with Gasteiger partial charge in [-0.3, -0.25) is 9.69 Å². The maximum Gasteiger partial charge on any atom is 0.415 e. The highest BCUT2D eigenvalue weighted by atomic mass is 19.1. The van der Waals surface area contributed by atoms with Gasteiger partial charge in [-0.25, -0.2) is 19.2 Å². The molecule has 11 heteroatoms. The summed E-state index contributed by atoms with van der Waals surface area (Å²) in [7, 11) is 1.45. The molecular weight excluding hydrogens is 405 g/mol. The molecule has 0 aliphatic carbocycles. The average Bonchev–Trinajstić information content (AvgIpc) is 3.20. The topological polar surface area (TPSA) is 115 Å². The Labute approximate surface area is 177 Å². The Hall–Kier alpha value is -3.94. The first kappa shape index (κ1) is 20.3. The second-order valence-corrected chi connectivity index (χ2v) is 7.11. The van der Waals surface area contributed by atoms with E-state index in [1.54, 1.807) is 23.4 Å². The van der Waals surface area contributed by atoms with Crippen LogP contribution in [0.15, 0.2) is 30.6 Å². The molecule has 2 aromatic rings. The second-order valence-electron chi connectivity index (χ2n) is 7.11. The first-order valence-corrected chi connectivity index (χ1v) is 9.71. The number of nitrogens with zero attached hydrogens (tertiary/aromatic N) is 6. The number of hydrogen-bond donors (Lipinski definition) is 1. The molecule has 2 fully saturated rings. The van der Waals surface area contributed by atoms with E-state index in [2.05, 4.69) is 21.5 Å². The smallest absolute Gasteiger partial charge is 0.415 e. The van der Waals surface area contributed by atoms with Gasteiger partial charge in [-0.2, -0.15) is 5.26 Å². The summed E-state index contributed by atoms with van der Waals surface area (Å²) in [5.74, 6) is -0.440. The molecule has 2 saturated heterocycles. The lowest BCUT2D eigenvalue weighted by atomic mass is 10.1. The molecule has 2 amide bonds. The first-order chi connectivity index (χ1) is 15.0. The van der Waals surface area contributed by atoms with Gasteiger partial charge in [0.2, 0.25) is 5.95 Å². The lowest BCUT2D eigenvalue weighted by Crippen LogP contribution is -2.44. The van der Waals surface area contributed by atoms with Gasteiger partial charge in [-0.1, -0.05) is 0 Å². The summed E-state index contributed by atoms with van der Waals surface area (Å²) >= 11 is 0. The van der Waals surface area contributed by atoms with E-state index in [-0.39, 0.29) is 6.54 Å². The molecule has 0 saturated carbocycles. The Kier molecular flexibility index (Phi) is 5.53. The summed E-state index contributed by atoms with van der Waals surface area (Å²) in [6.07, 6.45) is 3.57. The van der Waals surface area contributed by atoms with E-state index in [1.165, 1.54) is 24.1 Å². The number of nitriles is 1.